The molecule has 1 heterocycles. The van der Waals surface area contributed by atoms with E-state index in [0.29, 0.717) is 18.5 Å². The predicted molar refractivity (Wildman–Crippen MR) is 121 cm³/mol. The minimum atomic E-state index is 0. The second-order valence-corrected chi connectivity index (χ2v) is 7.09. The molecule has 0 saturated heterocycles. The maximum absolute atomic E-state index is 6.16. The second-order valence-electron chi connectivity index (χ2n) is 7.09. The lowest BCUT2D eigenvalue weighted by molar-refractivity contribution is 0.530. The number of aromatic nitrogens is 1. The van der Waals surface area contributed by atoms with Crippen molar-refractivity contribution in [3.8, 4) is 0 Å². The van der Waals surface area contributed by atoms with Crippen LogP contribution in [0.2, 0.25) is 0 Å². The van der Waals surface area contributed by atoms with Crippen molar-refractivity contribution < 1.29 is 0 Å². The summed E-state index contributed by atoms with van der Waals surface area (Å²) in [5, 5.41) is 4.55. The number of pyridine rings is 1. The lowest BCUT2D eigenvalue weighted by Gasteiger charge is -2.17. The molecule has 0 atom stereocenters. The molecule has 1 aliphatic carbocycles. The summed E-state index contributed by atoms with van der Waals surface area (Å²) in [6.07, 6.45) is 7.63. The van der Waals surface area contributed by atoms with Crippen LogP contribution in [0.1, 0.15) is 44.1 Å². The van der Waals surface area contributed by atoms with Crippen LogP contribution in [0.3, 0.4) is 0 Å². The van der Waals surface area contributed by atoms with Crippen molar-refractivity contribution in [3.05, 3.63) is 35.9 Å². The maximum Gasteiger partial charge on any atom is 0.189 e. The van der Waals surface area contributed by atoms with Crippen molar-refractivity contribution in [2.45, 2.75) is 51.1 Å². The summed E-state index contributed by atoms with van der Waals surface area (Å²) in [4.78, 5) is 11.3. The number of aliphatic imine (C=N–C) groups is 1. The molecule has 142 valence electrons. The zero-order chi connectivity index (χ0) is 17.6. The summed E-state index contributed by atoms with van der Waals surface area (Å²) in [5.74, 6) is 1.50. The van der Waals surface area contributed by atoms with E-state index >= 15 is 0 Å². The number of halogens is 1. The molecule has 3 N–H and O–H groups in total. The molecular formula is C20H30IN5. The number of fused-ring (bicyclic) bond motifs is 1. The molecule has 1 aliphatic rings. The third-order valence-corrected chi connectivity index (χ3v) is 4.87. The van der Waals surface area contributed by atoms with E-state index < -0.39 is 0 Å². The van der Waals surface area contributed by atoms with Crippen molar-refractivity contribution in [2.75, 3.05) is 19.0 Å². The van der Waals surface area contributed by atoms with Gasteiger partial charge in [-0.3, -0.25) is 0 Å². The molecule has 1 aromatic carbocycles. The van der Waals surface area contributed by atoms with Crippen molar-refractivity contribution in [1.82, 2.24) is 10.3 Å². The van der Waals surface area contributed by atoms with Crippen molar-refractivity contribution in [2.24, 2.45) is 10.7 Å². The number of para-hydroxylation sites is 1. The van der Waals surface area contributed by atoms with Gasteiger partial charge in [-0.1, -0.05) is 43.9 Å². The van der Waals surface area contributed by atoms with Gasteiger partial charge in [0, 0.05) is 25.5 Å². The SMILES string of the molecule is CN(C)c1cc(CN=C(N)NC2CCCCCC2)c2ccccc2n1.I. The molecule has 0 amide bonds. The van der Waals surface area contributed by atoms with E-state index in [2.05, 4.69) is 22.4 Å². The zero-order valence-corrected chi connectivity index (χ0v) is 18.1. The Labute approximate surface area is 173 Å². The number of hydrogen-bond acceptors (Lipinski definition) is 3. The highest BCUT2D eigenvalue weighted by molar-refractivity contribution is 14.0. The van der Waals surface area contributed by atoms with Crippen molar-refractivity contribution in [1.29, 1.82) is 0 Å². The van der Waals surface area contributed by atoms with Gasteiger partial charge in [-0.25, -0.2) is 9.98 Å². The van der Waals surface area contributed by atoms with Crippen LogP contribution in [0.5, 0.6) is 0 Å². The first-order valence-electron chi connectivity index (χ1n) is 9.26. The van der Waals surface area contributed by atoms with Gasteiger partial charge < -0.3 is 16.0 Å². The van der Waals surface area contributed by atoms with Gasteiger partial charge in [0.05, 0.1) is 12.1 Å². The molecule has 0 spiro atoms. The molecule has 2 aromatic rings. The fraction of sp³-hybridized carbons (Fsp3) is 0.500. The number of nitrogens with one attached hydrogen (secondary N) is 1. The molecule has 1 fully saturated rings. The van der Waals surface area contributed by atoms with E-state index in [1.54, 1.807) is 0 Å². The molecule has 3 rings (SSSR count). The highest BCUT2D eigenvalue weighted by Gasteiger charge is 2.12. The van der Waals surface area contributed by atoms with Gasteiger partial charge in [-0.05, 0) is 30.5 Å². The summed E-state index contributed by atoms with van der Waals surface area (Å²) in [7, 11) is 4.01. The predicted octanol–water partition coefficient (Wildman–Crippen LogP) is 4.05. The highest BCUT2D eigenvalue weighted by Crippen LogP contribution is 2.23. The van der Waals surface area contributed by atoms with E-state index in [9.17, 15) is 0 Å². The fourth-order valence-electron chi connectivity index (χ4n) is 3.44. The van der Waals surface area contributed by atoms with Crippen molar-refractivity contribution in [3.63, 3.8) is 0 Å². The summed E-state index contributed by atoms with van der Waals surface area (Å²) in [5.41, 5.74) is 8.31. The number of guanidine groups is 1. The number of benzene rings is 1. The minimum Gasteiger partial charge on any atom is -0.370 e. The van der Waals surface area contributed by atoms with Crippen LogP contribution < -0.4 is 16.0 Å². The van der Waals surface area contributed by atoms with Crippen LogP contribution >= 0.6 is 24.0 Å². The van der Waals surface area contributed by atoms with Gasteiger partial charge in [0.15, 0.2) is 5.96 Å². The van der Waals surface area contributed by atoms with Gasteiger partial charge in [0.1, 0.15) is 5.82 Å². The first-order valence-corrected chi connectivity index (χ1v) is 9.26. The number of nitrogens with zero attached hydrogens (tertiary/aromatic N) is 3. The topological polar surface area (TPSA) is 66.5 Å². The lowest BCUT2D eigenvalue weighted by atomic mass is 10.1. The van der Waals surface area contributed by atoms with Crippen LogP contribution in [0.4, 0.5) is 5.82 Å². The molecule has 6 heteroatoms. The monoisotopic (exact) mass is 467 g/mol. The fourth-order valence-corrected chi connectivity index (χ4v) is 3.44. The van der Waals surface area contributed by atoms with Crippen LogP contribution in [-0.4, -0.2) is 31.1 Å². The minimum absolute atomic E-state index is 0. The molecule has 5 nitrogen and oxygen atoms in total. The second kappa shape index (κ2) is 9.94. The van der Waals surface area contributed by atoms with Gasteiger partial charge in [-0.15, -0.1) is 24.0 Å². The van der Waals surface area contributed by atoms with Gasteiger partial charge >= 0.3 is 0 Å². The van der Waals surface area contributed by atoms with E-state index in [1.165, 1.54) is 38.5 Å². The van der Waals surface area contributed by atoms with Crippen LogP contribution in [-0.2, 0) is 6.54 Å². The Kier molecular flexibility index (Phi) is 7.93. The van der Waals surface area contributed by atoms with Crippen LogP contribution in [0.15, 0.2) is 35.3 Å². The highest BCUT2D eigenvalue weighted by atomic mass is 127. The van der Waals surface area contributed by atoms with E-state index in [4.69, 9.17) is 10.7 Å². The summed E-state index contributed by atoms with van der Waals surface area (Å²) in [6, 6.07) is 10.8. The van der Waals surface area contributed by atoms with Gasteiger partial charge in [0.25, 0.3) is 0 Å². The zero-order valence-electron chi connectivity index (χ0n) is 15.7. The van der Waals surface area contributed by atoms with Gasteiger partial charge in [-0.2, -0.15) is 0 Å². The number of nitrogens with two attached hydrogens (primary N) is 1. The third kappa shape index (κ3) is 5.46. The lowest BCUT2D eigenvalue weighted by Crippen LogP contribution is -2.39. The summed E-state index contributed by atoms with van der Waals surface area (Å²) >= 11 is 0. The average Bonchev–Trinajstić information content (AvgIpc) is 2.88. The molecule has 1 aromatic heterocycles. The Balaban J connectivity index is 0.00000243. The Morgan fingerprint density at radius 3 is 2.58 bits per heavy atom. The molecular weight excluding hydrogens is 437 g/mol. The average molecular weight is 467 g/mol. The quantitative estimate of drug-likeness (QED) is 0.308. The largest absolute Gasteiger partial charge is 0.370 e. The number of rotatable bonds is 4. The maximum atomic E-state index is 6.16. The normalized spacial score (nSPS) is 16.0. The summed E-state index contributed by atoms with van der Waals surface area (Å²) < 4.78 is 0. The van der Waals surface area contributed by atoms with Crippen LogP contribution in [0.25, 0.3) is 10.9 Å². The molecule has 1 saturated carbocycles. The molecule has 0 aliphatic heterocycles. The number of hydrogen-bond donors (Lipinski definition) is 2. The van der Waals surface area contributed by atoms with Gasteiger partial charge in [0.2, 0.25) is 0 Å². The molecule has 0 unspecified atom stereocenters. The first kappa shape index (κ1) is 20.7. The van der Waals surface area contributed by atoms with E-state index in [0.717, 1.165) is 22.3 Å². The standard InChI is InChI=1S/C20H29N5.HI/c1-25(2)19-13-15(17-11-7-8-12-18(17)24-19)14-22-20(21)23-16-9-5-3-4-6-10-16;/h7-8,11-13,16H,3-6,9-10,14H2,1-2H3,(H3,21,22,23);1H. The Morgan fingerprint density at radius 2 is 1.88 bits per heavy atom. The molecule has 0 bridgehead atoms. The first-order chi connectivity index (χ1) is 12.1. The van der Waals surface area contributed by atoms with E-state index in [-0.39, 0.29) is 24.0 Å². The smallest absolute Gasteiger partial charge is 0.189 e. The summed E-state index contributed by atoms with van der Waals surface area (Å²) in [6.45, 7) is 0.565. The van der Waals surface area contributed by atoms with E-state index in [1.807, 2.05) is 37.2 Å². The molecule has 0 radical (unpaired) electrons. The third-order valence-electron chi connectivity index (χ3n) is 4.87. The van der Waals surface area contributed by atoms with Crippen molar-refractivity contribution >= 4 is 46.7 Å². The molecule has 26 heavy (non-hydrogen) atoms. The Bertz CT molecular complexity index is 736. The number of anilines is 1. The Hall–Kier alpha value is -1.57. The Morgan fingerprint density at radius 1 is 1.19 bits per heavy atom. The van der Waals surface area contributed by atoms with Crippen LogP contribution in [0, 0.1) is 0 Å².